The Kier molecular flexibility index (Phi) is 4.39. The van der Waals surface area contributed by atoms with E-state index in [-0.39, 0.29) is 12.0 Å². The van der Waals surface area contributed by atoms with E-state index in [0.717, 1.165) is 19.4 Å². The van der Waals surface area contributed by atoms with Crippen molar-refractivity contribution in [3.05, 3.63) is 0 Å². The van der Waals surface area contributed by atoms with Crippen LogP contribution in [0.1, 0.15) is 46.5 Å². The van der Waals surface area contributed by atoms with E-state index in [1.165, 1.54) is 12.8 Å². The van der Waals surface area contributed by atoms with Crippen LogP contribution >= 0.6 is 0 Å². The third-order valence-electron chi connectivity index (χ3n) is 3.82. The highest BCUT2D eigenvalue weighted by molar-refractivity contribution is 4.79. The van der Waals surface area contributed by atoms with Crippen LogP contribution in [0, 0.1) is 11.3 Å². The number of ether oxygens (including phenoxy) is 1. The summed E-state index contributed by atoms with van der Waals surface area (Å²) in [6, 6.07) is 0. The molecule has 1 aliphatic rings. The number of rotatable bonds is 5. The largest absolute Gasteiger partial charge is 0.396 e. The molecule has 0 aromatic heterocycles. The Balaban J connectivity index is 2.32. The molecule has 0 aliphatic carbocycles. The quantitative estimate of drug-likeness (QED) is 0.739. The van der Waals surface area contributed by atoms with Crippen molar-refractivity contribution >= 4 is 0 Å². The molecule has 1 aliphatic heterocycles. The van der Waals surface area contributed by atoms with Gasteiger partial charge in [-0.25, -0.2) is 0 Å². The maximum absolute atomic E-state index is 9.39. The Hall–Kier alpha value is -0.0800. The lowest BCUT2D eigenvalue weighted by atomic mass is 9.75. The molecule has 1 rings (SSSR count). The van der Waals surface area contributed by atoms with Crippen LogP contribution in [0.15, 0.2) is 0 Å². The lowest BCUT2D eigenvalue weighted by Crippen LogP contribution is -2.29. The molecule has 0 spiro atoms. The van der Waals surface area contributed by atoms with Crippen molar-refractivity contribution in [3.63, 3.8) is 0 Å². The molecule has 1 N–H and O–H groups in total. The summed E-state index contributed by atoms with van der Waals surface area (Å²) in [6.07, 6.45) is 5.06. The maximum atomic E-state index is 9.39. The molecular formula is C12H24O2. The average Bonchev–Trinajstić information content (AvgIpc) is 2.66. The first-order valence-electron chi connectivity index (χ1n) is 5.81. The summed E-state index contributed by atoms with van der Waals surface area (Å²) in [7, 11) is 0. The predicted octanol–water partition coefficient (Wildman–Crippen LogP) is 2.60. The first-order valence-corrected chi connectivity index (χ1v) is 5.81. The second-order valence-corrected chi connectivity index (χ2v) is 5.14. The summed E-state index contributed by atoms with van der Waals surface area (Å²) >= 11 is 0. The molecule has 2 unspecified atom stereocenters. The molecule has 14 heavy (non-hydrogen) atoms. The zero-order valence-electron chi connectivity index (χ0n) is 9.75. The standard InChI is InChI=1S/C12H24O2/c1-10(2)12(3,9-13)7-6-11-5-4-8-14-11/h10-11,13H,4-9H2,1-3H3. The van der Waals surface area contributed by atoms with Gasteiger partial charge in [-0.15, -0.1) is 0 Å². The smallest absolute Gasteiger partial charge is 0.0576 e. The molecule has 0 aromatic rings. The lowest BCUT2D eigenvalue weighted by Gasteiger charge is -2.32. The summed E-state index contributed by atoms with van der Waals surface area (Å²) in [5.74, 6) is 0.536. The molecule has 1 heterocycles. The van der Waals surface area contributed by atoms with Gasteiger partial charge in [0.05, 0.1) is 6.10 Å². The van der Waals surface area contributed by atoms with E-state index in [1.54, 1.807) is 0 Å². The van der Waals surface area contributed by atoms with Crippen LogP contribution in [-0.2, 0) is 4.74 Å². The van der Waals surface area contributed by atoms with Gasteiger partial charge >= 0.3 is 0 Å². The fourth-order valence-electron chi connectivity index (χ4n) is 1.91. The van der Waals surface area contributed by atoms with Crippen LogP contribution in [0.3, 0.4) is 0 Å². The fraction of sp³-hybridized carbons (Fsp3) is 1.00. The number of hydrogen-bond acceptors (Lipinski definition) is 2. The van der Waals surface area contributed by atoms with Crippen LogP contribution in [-0.4, -0.2) is 24.4 Å². The molecule has 0 amide bonds. The van der Waals surface area contributed by atoms with Gasteiger partial charge in [0.1, 0.15) is 0 Å². The normalized spacial score (nSPS) is 26.8. The summed E-state index contributed by atoms with van der Waals surface area (Å²) < 4.78 is 5.59. The Morgan fingerprint density at radius 3 is 2.64 bits per heavy atom. The van der Waals surface area contributed by atoms with Crippen LogP contribution in [0.25, 0.3) is 0 Å². The number of aliphatic hydroxyl groups is 1. The van der Waals surface area contributed by atoms with Crippen LogP contribution in [0.2, 0.25) is 0 Å². The van der Waals surface area contributed by atoms with Crippen LogP contribution < -0.4 is 0 Å². The Morgan fingerprint density at radius 2 is 2.21 bits per heavy atom. The lowest BCUT2D eigenvalue weighted by molar-refractivity contribution is 0.0494. The van der Waals surface area contributed by atoms with E-state index < -0.39 is 0 Å². The van der Waals surface area contributed by atoms with Gasteiger partial charge < -0.3 is 9.84 Å². The fourth-order valence-corrected chi connectivity index (χ4v) is 1.91. The molecular weight excluding hydrogens is 176 g/mol. The van der Waals surface area contributed by atoms with Gasteiger partial charge in [-0.05, 0) is 37.0 Å². The highest BCUT2D eigenvalue weighted by Crippen LogP contribution is 2.33. The Labute approximate surface area is 87.7 Å². The molecule has 84 valence electrons. The minimum Gasteiger partial charge on any atom is -0.396 e. The first kappa shape index (κ1) is 12.0. The second-order valence-electron chi connectivity index (χ2n) is 5.14. The van der Waals surface area contributed by atoms with Crippen molar-refractivity contribution in [1.29, 1.82) is 0 Å². The molecule has 0 aromatic carbocycles. The zero-order chi connectivity index (χ0) is 10.6. The van der Waals surface area contributed by atoms with Gasteiger partial charge in [-0.2, -0.15) is 0 Å². The summed E-state index contributed by atoms with van der Waals surface area (Å²) in [5, 5.41) is 9.39. The maximum Gasteiger partial charge on any atom is 0.0576 e. The van der Waals surface area contributed by atoms with Crippen molar-refractivity contribution in [1.82, 2.24) is 0 Å². The first-order chi connectivity index (χ1) is 6.58. The topological polar surface area (TPSA) is 29.5 Å². The highest BCUT2D eigenvalue weighted by atomic mass is 16.5. The summed E-state index contributed by atoms with van der Waals surface area (Å²) in [6.45, 7) is 7.77. The van der Waals surface area contributed by atoms with Crippen molar-refractivity contribution in [2.45, 2.75) is 52.6 Å². The molecule has 0 radical (unpaired) electrons. The molecule has 2 nitrogen and oxygen atoms in total. The Bertz CT molecular complexity index is 162. The molecule has 1 fully saturated rings. The van der Waals surface area contributed by atoms with E-state index >= 15 is 0 Å². The molecule has 1 saturated heterocycles. The minimum atomic E-state index is 0.0753. The second kappa shape index (κ2) is 5.13. The van der Waals surface area contributed by atoms with Crippen molar-refractivity contribution in [2.24, 2.45) is 11.3 Å². The van der Waals surface area contributed by atoms with E-state index in [1.807, 2.05) is 0 Å². The van der Waals surface area contributed by atoms with E-state index in [9.17, 15) is 5.11 Å². The van der Waals surface area contributed by atoms with Gasteiger partial charge in [0.15, 0.2) is 0 Å². The van der Waals surface area contributed by atoms with Crippen molar-refractivity contribution in [2.75, 3.05) is 13.2 Å². The van der Waals surface area contributed by atoms with Gasteiger partial charge in [0.2, 0.25) is 0 Å². The monoisotopic (exact) mass is 200 g/mol. The minimum absolute atomic E-state index is 0.0753. The number of hydrogen-bond donors (Lipinski definition) is 1. The van der Waals surface area contributed by atoms with Gasteiger partial charge in [-0.3, -0.25) is 0 Å². The number of aliphatic hydroxyl groups excluding tert-OH is 1. The molecule has 0 saturated carbocycles. The zero-order valence-corrected chi connectivity index (χ0v) is 9.75. The summed E-state index contributed by atoms with van der Waals surface area (Å²) in [4.78, 5) is 0. The van der Waals surface area contributed by atoms with Crippen LogP contribution in [0.5, 0.6) is 0 Å². The third-order valence-corrected chi connectivity index (χ3v) is 3.82. The van der Waals surface area contributed by atoms with E-state index in [2.05, 4.69) is 20.8 Å². The molecule has 0 bridgehead atoms. The highest BCUT2D eigenvalue weighted by Gasteiger charge is 2.29. The van der Waals surface area contributed by atoms with Crippen molar-refractivity contribution in [3.8, 4) is 0 Å². The van der Waals surface area contributed by atoms with Gasteiger partial charge in [0, 0.05) is 13.2 Å². The average molecular weight is 200 g/mol. The SMILES string of the molecule is CC(C)C(C)(CO)CCC1CCCO1. The summed E-state index contributed by atoms with van der Waals surface area (Å²) in [5.41, 5.74) is 0.0753. The van der Waals surface area contributed by atoms with E-state index in [4.69, 9.17) is 4.74 Å². The third kappa shape index (κ3) is 2.96. The van der Waals surface area contributed by atoms with Gasteiger partial charge in [-0.1, -0.05) is 20.8 Å². The van der Waals surface area contributed by atoms with Gasteiger partial charge in [0.25, 0.3) is 0 Å². The predicted molar refractivity (Wildman–Crippen MR) is 58.2 cm³/mol. The molecule has 2 atom stereocenters. The molecule has 2 heteroatoms. The Morgan fingerprint density at radius 1 is 1.50 bits per heavy atom. The van der Waals surface area contributed by atoms with Crippen LogP contribution in [0.4, 0.5) is 0 Å². The van der Waals surface area contributed by atoms with E-state index in [0.29, 0.717) is 12.0 Å². The van der Waals surface area contributed by atoms with Crippen molar-refractivity contribution < 1.29 is 9.84 Å².